The SMILES string of the molecule is COc1cc(C(=O)Nc2cccc(CSCC(=O)O)c2)cc(OC)c1C. The lowest BCUT2D eigenvalue weighted by Gasteiger charge is -2.13. The fourth-order valence-corrected chi connectivity index (χ4v) is 3.11. The van der Waals surface area contributed by atoms with Crippen LogP contribution in [-0.2, 0) is 10.5 Å². The molecule has 138 valence electrons. The van der Waals surface area contributed by atoms with Crippen molar-refractivity contribution in [1.29, 1.82) is 0 Å². The number of carbonyl (C=O) groups is 2. The Morgan fingerprint density at radius 3 is 2.35 bits per heavy atom. The molecule has 26 heavy (non-hydrogen) atoms. The Hall–Kier alpha value is -2.67. The number of methoxy groups -OCH3 is 2. The molecule has 0 aromatic heterocycles. The summed E-state index contributed by atoms with van der Waals surface area (Å²) in [4.78, 5) is 23.2. The van der Waals surface area contributed by atoms with Crippen molar-refractivity contribution in [1.82, 2.24) is 0 Å². The summed E-state index contributed by atoms with van der Waals surface area (Å²) >= 11 is 1.30. The molecule has 0 heterocycles. The van der Waals surface area contributed by atoms with Gasteiger partial charge in [0, 0.05) is 22.6 Å². The molecule has 1 amide bonds. The van der Waals surface area contributed by atoms with Crippen molar-refractivity contribution in [2.45, 2.75) is 12.7 Å². The van der Waals surface area contributed by atoms with Crippen LogP contribution in [0.4, 0.5) is 5.69 Å². The van der Waals surface area contributed by atoms with Crippen LogP contribution in [0.1, 0.15) is 21.5 Å². The van der Waals surface area contributed by atoms with E-state index in [1.54, 1.807) is 32.4 Å². The number of carboxylic acid groups (broad SMARTS) is 1. The molecule has 0 aliphatic rings. The van der Waals surface area contributed by atoms with Crippen LogP contribution in [-0.4, -0.2) is 37.0 Å². The van der Waals surface area contributed by atoms with Crippen LogP contribution in [0.15, 0.2) is 36.4 Å². The van der Waals surface area contributed by atoms with E-state index in [0.29, 0.717) is 28.5 Å². The fourth-order valence-electron chi connectivity index (χ4n) is 2.42. The Morgan fingerprint density at radius 2 is 1.77 bits per heavy atom. The normalized spacial score (nSPS) is 10.3. The fraction of sp³-hybridized carbons (Fsp3) is 0.263. The van der Waals surface area contributed by atoms with E-state index >= 15 is 0 Å². The number of nitrogens with one attached hydrogen (secondary N) is 1. The van der Waals surface area contributed by atoms with Crippen molar-refractivity contribution >= 4 is 29.3 Å². The van der Waals surface area contributed by atoms with Gasteiger partial charge in [-0.25, -0.2) is 0 Å². The smallest absolute Gasteiger partial charge is 0.313 e. The van der Waals surface area contributed by atoms with Crippen LogP contribution in [0.2, 0.25) is 0 Å². The Labute approximate surface area is 156 Å². The summed E-state index contributed by atoms with van der Waals surface area (Å²) in [6.07, 6.45) is 0. The predicted molar refractivity (Wildman–Crippen MR) is 102 cm³/mol. The van der Waals surface area contributed by atoms with E-state index in [-0.39, 0.29) is 11.7 Å². The Bertz CT molecular complexity index is 781. The highest BCUT2D eigenvalue weighted by atomic mass is 32.2. The van der Waals surface area contributed by atoms with Crippen molar-refractivity contribution in [3.05, 3.63) is 53.1 Å². The summed E-state index contributed by atoms with van der Waals surface area (Å²) in [5.74, 6) is 0.627. The van der Waals surface area contributed by atoms with Crippen LogP contribution in [0.3, 0.4) is 0 Å². The van der Waals surface area contributed by atoms with E-state index in [4.69, 9.17) is 14.6 Å². The lowest BCUT2D eigenvalue weighted by molar-refractivity contribution is -0.133. The van der Waals surface area contributed by atoms with Gasteiger partial charge in [-0.2, -0.15) is 0 Å². The van der Waals surface area contributed by atoms with E-state index < -0.39 is 5.97 Å². The predicted octanol–water partition coefficient (Wildman–Crippen LogP) is 3.58. The molecule has 6 nitrogen and oxygen atoms in total. The summed E-state index contributed by atoms with van der Waals surface area (Å²) in [5.41, 5.74) is 2.83. The molecule has 0 unspecified atom stereocenters. The molecule has 2 N–H and O–H groups in total. The van der Waals surface area contributed by atoms with Crippen LogP contribution in [0.5, 0.6) is 11.5 Å². The van der Waals surface area contributed by atoms with Crippen LogP contribution in [0, 0.1) is 6.92 Å². The molecular weight excluding hydrogens is 354 g/mol. The Kier molecular flexibility index (Phi) is 6.91. The average molecular weight is 375 g/mol. The number of hydrogen-bond acceptors (Lipinski definition) is 5. The maximum atomic E-state index is 12.6. The first-order valence-electron chi connectivity index (χ1n) is 7.87. The number of carbonyl (C=O) groups excluding carboxylic acids is 1. The zero-order valence-electron chi connectivity index (χ0n) is 14.9. The third kappa shape index (κ3) is 5.16. The van der Waals surface area contributed by atoms with Gasteiger partial charge in [0.15, 0.2) is 0 Å². The van der Waals surface area contributed by atoms with Crippen LogP contribution in [0.25, 0.3) is 0 Å². The third-order valence-corrected chi connectivity index (χ3v) is 4.68. The molecule has 0 aliphatic heterocycles. The standard InChI is InChI=1S/C19H21NO5S/c1-12-16(24-2)8-14(9-17(12)25-3)19(23)20-15-6-4-5-13(7-15)10-26-11-18(21)22/h4-9H,10-11H2,1-3H3,(H,20,23)(H,21,22). The lowest BCUT2D eigenvalue weighted by Crippen LogP contribution is -2.12. The highest BCUT2D eigenvalue weighted by Crippen LogP contribution is 2.30. The number of ether oxygens (including phenoxy) is 2. The number of amides is 1. The van der Waals surface area contributed by atoms with E-state index in [0.717, 1.165) is 11.1 Å². The van der Waals surface area contributed by atoms with Crippen molar-refractivity contribution in [3.8, 4) is 11.5 Å². The first-order chi connectivity index (χ1) is 12.4. The van der Waals surface area contributed by atoms with Crippen LogP contribution < -0.4 is 14.8 Å². The van der Waals surface area contributed by atoms with Gasteiger partial charge in [0.05, 0.1) is 20.0 Å². The maximum Gasteiger partial charge on any atom is 0.313 e. The minimum atomic E-state index is -0.846. The molecule has 0 bridgehead atoms. The molecule has 0 fully saturated rings. The second-order valence-electron chi connectivity index (χ2n) is 5.55. The summed E-state index contributed by atoms with van der Waals surface area (Å²) in [6.45, 7) is 1.86. The van der Waals surface area contributed by atoms with Crippen molar-refractivity contribution < 1.29 is 24.2 Å². The monoisotopic (exact) mass is 375 g/mol. The number of thioether (sulfide) groups is 1. The summed E-state index contributed by atoms with van der Waals surface area (Å²) < 4.78 is 10.6. The Morgan fingerprint density at radius 1 is 1.12 bits per heavy atom. The van der Waals surface area contributed by atoms with E-state index in [9.17, 15) is 9.59 Å². The average Bonchev–Trinajstić information content (AvgIpc) is 2.62. The topological polar surface area (TPSA) is 84.9 Å². The molecule has 0 aliphatic carbocycles. The molecule has 0 saturated heterocycles. The Balaban J connectivity index is 2.13. The molecule has 2 aromatic carbocycles. The number of anilines is 1. The third-order valence-electron chi connectivity index (χ3n) is 3.69. The largest absolute Gasteiger partial charge is 0.496 e. The molecule has 2 aromatic rings. The number of hydrogen-bond donors (Lipinski definition) is 2. The van der Waals surface area contributed by atoms with Gasteiger partial charge in [-0.15, -0.1) is 11.8 Å². The zero-order chi connectivity index (χ0) is 19.1. The van der Waals surface area contributed by atoms with Gasteiger partial charge in [-0.1, -0.05) is 12.1 Å². The van der Waals surface area contributed by atoms with E-state index in [1.165, 1.54) is 11.8 Å². The molecular formula is C19H21NO5S. The number of aliphatic carboxylic acids is 1. The lowest BCUT2D eigenvalue weighted by atomic mass is 10.1. The molecule has 0 atom stereocenters. The van der Waals surface area contributed by atoms with E-state index in [1.807, 2.05) is 25.1 Å². The van der Waals surface area contributed by atoms with Gasteiger partial charge in [-0.3, -0.25) is 9.59 Å². The minimum absolute atomic E-state index is 0.0412. The van der Waals surface area contributed by atoms with Crippen LogP contribution >= 0.6 is 11.8 Å². The summed E-state index contributed by atoms with van der Waals surface area (Å²) in [7, 11) is 3.09. The van der Waals surface area contributed by atoms with Crippen molar-refractivity contribution in [2.24, 2.45) is 0 Å². The quantitative estimate of drug-likeness (QED) is 0.734. The number of benzene rings is 2. The van der Waals surface area contributed by atoms with Gasteiger partial charge in [0.1, 0.15) is 11.5 Å². The molecule has 0 spiro atoms. The summed E-state index contributed by atoms with van der Waals surface area (Å²) in [5, 5.41) is 11.5. The number of rotatable bonds is 8. The highest BCUT2D eigenvalue weighted by molar-refractivity contribution is 7.99. The summed E-state index contributed by atoms with van der Waals surface area (Å²) in [6, 6.07) is 10.7. The molecule has 7 heteroatoms. The van der Waals surface area contributed by atoms with Crippen molar-refractivity contribution in [3.63, 3.8) is 0 Å². The van der Waals surface area contributed by atoms with E-state index in [2.05, 4.69) is 5.32 Å². The maximum absolute atomic E-state index is 12.6. The van der Waals surface area contributed by atoms with Gasteiger partial charge in [-0.05, 0) is 36.8 Å². The highest BCUT2D eigenvalue weighted by Gasteiger charge is 2.14. The number of carboxylic acids is 1. The second kappa shape index (κ2) is 9.15. The minimum Gasteiger partial charge on any atom is -0.496 e. The second-order valence-corrected chi connectivity index (χ2v) is 6.53. The van der Waals surface area contributed by atoms with Gasteiger partial charge in [0.2, 0.25) is 0 Å². The van der Waals surface area contributed by atoms with Crippen molar-refractivity contribution in [2.75, 3.05) is 25.3 Å². The zero-order valence-corrected chi connectivity index (χ0v) is 15.7. The first kappa shape index (κ1) is 19.7. The van der Waals surface area contributed by atoms with Gasteiger partial charge in [0.25, 0.3) is 5.91 Å². The molecule has 2 rings (SSSR count). The van der Waals surface area contributed by atoms with Gasteiger partial charge >= 0.3 is 5.97 Å². The van der Waals surface area contributed by atoms with Gasteiger partial charge < -0.3 is 19.9 Å². The molecule has 0 saturated carbocycles. The first-order valence-corrected chi connectivity index (χ1v) is 9.02. The molecule has 0 radical (unpaired) electrons.